The summed E-state index contributed by atoms with van der Waals surface area (Å²) in [5.74, 6) is 2.18. The zero-order valence-electron chi connectivity index (χ0n) is 17.4. The van der Waals surface area contributed by atoms with Gasteiger partial charge in [-0.2, -0.15) is 4.98 Å². The molecule has 0 saturated carbocycles. The van der Waals surface area contributed by atoms with Crippen LogP contribution in [-0.4, -0.2) is 54.5 Å². The number of rotatable bonds is 8. The highest BCUT2D eigenvalue weighted by atomic mass is 16.5. The Kier molecular flexibility index (Phi) is 6.47. The monoisotopic (exact) mass is 401 g/mol. The highest BCUT2D eigenvalue weighted by molar-refractivity contribution is 5.27. The Morgan fingerprint density at radius 3 is 2.86 bits per heavy atom. The first-order valence-corrected chi connectivity index (χ1v) is 10.7. The van der Waals surface area contributed by atoms with Crippen molar-refractivity contribution in [3.63, 3.8) is 0 Å². The van der Waals surface area contributed by atoms with E-state index in [4.69, 9.17) is 18.7 Å². The second kappa shape index (κ2) is 9.24. The van der Waals surface area contributed by atoms with Gasteiger partial charge < -0.3 is 18.7 Å². The van der Waals surface area contributed by atoms with Gasteiger partial charge in [0.05, 0.1) is 0 Å². The Morgan fingerprint density at radius 1 is 1.28 bits per heavy atom. The van der Waals surface area contributed by atoms with Gasteiger partial charge in [-0.3, -0.25) is 4.90 Å². The molecule has 1 atom stereocenters. The molecule has 2 aromatic rings. The molecule has 2 fully saturated rings. The summed E-state index contributed by atoms with van der Waals surface area (Å²) < 4.78 is 23.4. The molecule has 0 radical (unpaired) electrons. The summed E-state index contributed by atoms with van der Waals surface area (Å²) in [6.07, 6.45) is 3.63. The fourth-order valence-corrected chi connectivity index (χ4v) is 4.16. The van der Waals surface area contributed by atoms with Crippen LogP contribution in [0.15, 0.2) is 28.8 Å². The van der Waals surface area contributed by atoms with Crippen molar-refractivity contribution in [1.29, 1.82) is 0 Å². The summed E-state index contributed by atoms with van der Waals surface area (Å²) in [7, 11) is 0. The second-order valence-corrected chi connectivity index (χ2v) is 7.89. The van der Waals surface area contributed by atoms with Crippen LogP contribution >= 0.6 is 0 Å². The number of benzene rings is 1. The van der Waals surface area contributed by atoms with Crippen LogP contribution < -0.4 is 4.74 Å². The molecule has 7 heteroatoms. The first-order chi connectivity index (χ1) is 14.2. The number of ether oxygens (including phenoxy) is 3. The lowest BCUT2D eigenvalue weighted by Gasteiger charge is -2.38. The lowest BCUT2D eigenvalue weighted by Crippen LogP contribution is -2.45. The topological polar surface area (TPSA) is 69.9 Å². The Morgan fingerprint density at radius 2 is 2.14 bits per heavy atom. The van der Waals surface area contributed by atoms with Crippen LogP contribution in [0.3, 0.4) is 0 Å². The van der Waals surface area contributed by atoms with Gasteiger partial charge in [0.15, 0.2) is 0 Å². The number of piperidine rings is 1. The second-order valence-electron chi connectivity index (χ2n) is 7.89. The minimum absolute atomic E-state index is 0.0370. The van der Waals surface area contributed by atoms with Gasteiger partial charge in [0.1, 0.15) is 24.1 Å². The smallest absolute Gasteiger partial charge is 0.259 e. The molecule has 0 bridgehead atoms. The van der Waals surface area contributed by atoms with Crippen LogP contribution in [0.2, 0.25) is 0 Å². The SMILES string of the molecule is CCOC1(c2nc([C@H]3CCCO3)no2)CCN(CCOc2cccc(C)c2)CC1. The number of likely N-dealkylation sites (tertiary alicyclic amines) is 1. The molecular weight excluding hydrogens is 370 g/mol. The minimum Gasteiger partial charge on any atom is -0.492 e. The fourth-order valence-electron chi connectivity index (χ4n) is 4.16. The van der Waals surface area contributed by atoms with Gasteiger partial charge in [0, 0.05) is 32.8 Å². The van der Waals surface area contributed by atoms with Gasteiger partial charge in [-0.1, -0.05) is 17.3 Å². The maximum atomic E-state index is 6.17. The van der Waals surface area contributed by atoms with Crippen LogP contribution in [0.1, 0.15) is 56.0 Å². The summed E-state index contributed by atoms with van der Waals surface area (Å²) in [4.78, 5) is 7.08. The van der Waals surface area contributed by atoms with E-state index in [1.54, 1.807) is 0 Å². The molecule has 158 valence electrons. The Labute approximate surface area is 172 Å². The normalized spacial score (nSPS) is 22.1. The van der Waals surface area contributed by atoms with Gasteiger partial charge in [0.2, 0.25) is 5.82 Å². The van der Waals surface area contributed by atoms with Crippen molar-refractivity contribution in [1.82, 2.24) is 15.0 Å². The quantitative estimate of drug-likeness (QED) is 0.669. The average Bonchev–Trinajstić information content (AvgIpc) is 3.42. The van der Waals surface area contributed by atoms with Crippen molar-refractivity contribution >= 4 is 0 Å². The fraction of sp³-hybridized carbons (Fsp3) is 0.636. The van der Waals surface area contributed by atoms with E-state index in [1.807, 2.05) is 19.1 Å². The van der Waals surface area contributed by atoms with E-state index in [-0.39, 0.29) is 6.10 Å². The number of hydrogen-bond donors (Lipinski definition) is 0. The number of hydrogen-bond acceptors (Lipinski definition) is 7. The molecule has 29 heavy (non-hydrogen) atoms. The largest absolute Gasteiger partial charge is 0.492 e. The van der Waals surface area contributed by atoms with Crippen molar-refractivity contribution in [2.75, 3.05) is 39.5 Å². The molecule has 1 aromatic heterocycles. The summed E-state index contributed by atoms with van der Waals surface area (Å²) >= 11 is 0. The predicted octanol–water partition coefficient (Wildman–Crippen LogP) is 3.64. The van der Waals surface area contributed by atoms with Gasteiger partial charge in [-0.15, -0.1) is 0 Å². The molecule has 0 unspecified atom stereocenters. The van der Waals surface area contributed by atoms with Crippen LogP contribution in [0, 0.1) is 6.92 Å². The first-order valence-electron chi connectivity index (χ1n) is 10.7. The molecule has 0 spiro atoms. The number of aryl methyl sites for hydroxylation is 1. The van der Waals surface area contributed by atoms with Crippen molar-refractivity contribution in [2.45, 2.75) is 51.2 Å². The zero-order valence-corrected chi connectivity index (χ0v) is 17.4. The third kappa shape index (κ3) is 4.79. The van der Waals surface area contributed by atoms with Crippen molar-refractivity contribution in [3.05, 3.63) is 41.5 Å². The average molecular weight is 402 g/mol. The summed E-state index contributed by atoms with van der Waals surface area (Å²) in [6.45, 7) is 8.87. The molecule has 0 aliphatic carbocycles. The molecule has 0 amide bonds. The summed E-state index contributed by atoms with van der Waals surface area (Å²) in [6, 6.07) is 8.17. The Balaban J connectivity index is 1.32. The predicted molar refractivity (Wildman–Crippen MR) is 108 cm³/mol. The molecule has 2 aliphatic heterocycles. The van der Waals surface area contributed by atoms with E-state index >= 15 is 0 Å². The van der Waals surface area contributed by atoms with E-state index < -0.39 is 5.60 Å². The molecule has 2 aliphatic rings. The highest BCUT2D eigenvalue weighted by Crippen LogP contribution is 2.37. The standard InChI is InChI=1S/C22H31N3O4/c1-3-28-22(21-23-20(24-29-21)19-8-5-14-27-19)9-11-25(12-10-22)13-15-26-18-7-4-6-17(2)16-18/h4,6-7,16,19H,3,5,8-15H2,1-2H3/t19-/m1/s1. The van der Waals surface area contributed by atoms with Crippen LogP contribution in [0.4, 0.5) is 0 Å². The number of nitrogens with zero attached hydrogens (tertiary/aromatic N) is 3. The van der Waals surface area contributed by atoms with Crippen molar-refractivity contribution in [2.24, 2.45) is 0 Å². The molecule has 7 nitrogen and oxygen atoms in total. The van der Waals surface area contributed by atoms with Gasteiger partial charge in [0.25, 0.3) is 5.89 Å². The maximum Gasteiger partial charge on any atom is 0.259 e. The van der Waals surface area contributed by atoms with E-state index in [0.717, 1.165) is 57.7 Å². The third-order valence-electron chi connectivity index (χ3n) is 5.80. The van der Waals surface area contributed by atoms with Gasteiger partial charge in [-0.05, 0) is 57.2 Å². The summed E-state index contributed by atoms with van der Waals surface area (Å²) in [5, 5.41) is 4.19. The Hall–Kier alpha value is -1.96. The Bertz CT molecular complexity index is 780. The molecule has 4 rings (SSSR count). The van der Waals surface area contributed by atoms with E-state index in [1.165, 1.54) is 5.56 Å². The molecule has 0 N–H and O–H groups in total. The van der Waals surface area contributed by atoms with Gasteiger partial charge >= 0.3 is 0 Å². The van der Waals surface area contributed by atoms with Crippen molar-refractivity contribution < 1.29 is 18.7 Å². The lowest BCUT2D eigenvalue weighted by atomic mass is 9.90. The van der Waals surface area contributed by atoms with Crippen molar-refractivity contribution in [3.8, 4) is 5.75 Å². The van der Waals surface area contributed by atoms with E-state index in [0.29, 0.717) is 24.9 Å². The molecule has 2 saturated heterocycles. The maximum absolute atomic E-state index is 6.17. The van der Waals surface area contributed by atoms with Crippen LogP contribution in [0.5, 0.6) is 5.75 Å². The minimum atomic E-state index is -0.494. The molecule has 3 heterocycles. The third-order valence-corrected chi connectivity index (χ3v) is 5.80. The van der Waals surface area contributed by atoms with Crippen LogP contribution in [-0.2, 0) is 15.1 Å². The molecular formula is C22H31N3O4. The summed E-state index contributed by atoms with van der Waals surface area (Å²) in [5.41, 5.74) is 0.718. The van der Waals surface area contributed by atoms with Gasteiger partial charge in [-0.25, -0.2) is 0 Å². The van der Waals surface area contributed by atoms with E-state index in [9.17, 15) is 0 Å². The first kappa shape index (κ1) is 20.3. The van der Waals surface area contributed by atoms with E-state index in [2.05, 4.69) is 34.1 Å². The van der Waals surface area contributed by atoms with Crippen LogP contribution in [0.25, 0.3) is 0 Å². The lowest BCUT2D eigenvalue weighted by molar-refractivity contribution is -0.104. The molecule has 1 aromatic carbocycles. The highest BCUT2D eigenvalue weighted by Gasteiger charge is 2.42. The zero-order chi connectivity index (χ0) is 20.1. The number of aromatic nitrogens is 2.